The van der Waals surface area contributed by atoms with Crippen LogP contribution in [0.3, 0.4) is 0 Å². The van der Waals surface area contributed by atoms with Gasteiger partial charge in [0.15, 0.2) is 0 Å². The summed E-state index contributed by atoms with van der Waals surface area (Å²) in [6.45, 7) is 6.93. The Labute approximate surface area is 113 Å². The molecular weight excluding hydrogens is 241 g/mol. The predicted molar refractivity (Wildman–Crippen MR) is 74.3 cm³/mol. The summed E-state index contributed by atoms with van der Waals surface area (Å²) in [6, 6.07) is 6.80. The van der Waals surface area contributed by atoms with Gasteiger partial charge in [-0.15, -0.1) is 0 Å². The SMILES string of the molecule is Cc1nn(C)c(C)c1CN[C@H](C)c1ccc(F)cc1. The highest BCUT2D eigenvalue weighted by molar-refractivity contribution is 5.25. The summed E-state index contributed by atoms with van der Waals surface area (Å²) >= 11 is 0. The van der Waals surface area contributed by atoms with E-state index in [-0.39, 0.29) is 11.9 Å². The van der Waals surface area contributed by atoms with Crippen molar-refractivity contribution in [1.29, 1.82) is 0 Å². The molecule has 0 radical (unpaired) electrons. The lowest BCUT2D eigenvalue weighted by atomic mass is 10.1. The monoisotopic (exact) mass is 261 g/mol. The smallest absolute Gasteiger partial charge is 0.123 e. The van der Waals surface area contributed by atoms with Crippen molar-refractivity contribution in [1.82, 2.24) is 15.1 Å². The number of rotatable bonds is 4. The van der Waals surface area contributed by atoms with Gasteiger partial charge in [0.2, 0.25) is 0 Å². The number of aryl methyl sites for hydroxylation is 2. The molecule has 1 atom stereocenters. The highest BCUT2D eigenvalue weighted by Crippen LogP contribution is 2.16. The minimum Gasteiger partial charge on any atom is -0.306 e. The molecule has 0 amide bonds. The zero-order chi connectivity index (χ0) is 14.0. The summed E-state index contributed by atoms with van der Waals surface area (Å²) in [5.41, 5.74) is 4.55. The van der Waals surface area contributed by atoms with Crippen molar-refractivity contribution in [3.63, 3.8) is 0 Å². The maximum absolute atomic E-state index is 12.9. The second-order valence-corrected chi connectivity index (χ2v) is 4.93. The minimum absolute atomic E-state index is 0.180. The topological polar surface area (TPSA) is 29.9 Å². The number of benzene rings is 1. The highest BCUT2D eigenvalue weighted by Gasteiger charge is 2.11. The van der Waals surface area contributed by atoms with Crippen LogP contribution in [0.4, 0.5) is 4.39 Å². The minimum atomic E-state index is -0.199. The van der Waals surface area contributed by atoms with Gasteiger partial charge in [0.1, 0.15) is 5.82 Å². The number of aromatic nitrogens is 2. The van der Waals surface area contributed by atoms with Gasteiger partial charge in [-0.3, -0.25) is 4.68 Å². The third-order valence-corrected chi connectivity index (χ3v) is 3.61. The first kappa shape index (κ1) is 13.7. The van der Waals surface area contributed by atoms with Crippen molar-refractivity contribution in [3.8, 4) is 0 Å². The van der Waals surface area contributed by atoms with Crippen molar-refractivity contribution >= 4 is 0 Å². The lowest BCUT2D eigenvalue weighted by molar-refractivity contribution is 0.568. The Hall–Kier alpha value is -1.68. The molecule has 1 aromatic heterocycles. The van der Waals surface area contributed by atoms with Crippen LogP contribution < -0.4 is 5.32 Å². The lowest BCUT2D eigenvalue weighted by Crippen LogP contribution is -2.18. The molecule has 0 aliphatic carbocycles. The molecule has 1 aromatic carbocycles. The second kappa shape index (κ2) is 5.53. The van der Waals surface area contributed by atoms with E-state index in [1.54, 1.807) is 0 Å². The van der Waals surface area contributed by atoms with Gasteiger partial charge < -0.3 is 5.32 Å². The van der Waals surface area contributed by atoms with Gasteiger partial charge in [-0.25, -0.2) is 4.39 Å². The molecule has 19 heavy (non-hydrogen) atoms. The van der Waals surface area contributed by atoms with Gasteiger partial charge in [-0.05, 0) is 38.5 Å². The van der Waals surface area contributed by atoms with Crippen molar-refractivity contribution in [3.05, 3.63) is 52.6 Å². The van der Waals surface area contributed by atoms with Gasteiger partial charge in [0, 0.05) is 30.9 Å². The molecule has 0 saturated carbocycles. The molecule has 0 aliphatic heterocycles. The van der Waals surface area contributed by atoms with Gasteiger partial charge >= 0.3 is 0 Å². The maximum Gasteiger partial charge on any atom is 0.123 e. The molecule has 0 bridgehead atoms. The van der Waals surface area contributed by atoms with Crippen LogP contribution in [0, 0.1) is 19.7 Å². The van der Waals surface area contributed by atoms with E-state index >= 15 is 0 Å². The first-order chi connectivity index (χ1) is 8.99. The van der Waals surface area contributed by atoms with Crippen molar-refractivity contribution in [2.24, 2.45) is 7.05 Å². The number of nitrogens with zero attached hydrogens (tertiary/aromatic N) is 2. The van der Waals surface area contributed by atoms with Crippen LogP contribution in [-0.2, 0) is 13.6 Å². The fourth-order valence-corrected chi connectivity index (χ4v) is 2.20. The van der Waals surface area contributed by atoms with Crippen molar-refractivity contribution in [2.75, 3.05) is 0 Å². The first-order valence-electron chi connectivity index (χ1n) is 6.47. The standard InChI is InChI=1S/C15H20FN3/c1-10(13-5-7-14(16)8-6-13)17-9-15-11(2)18-19(4)12(15)3/h5-8,10,17H,9H2,1-4H3/t10-/m1/s1. The van der Waals surface area contributed by atoms with Gasteiger partial charge in [-0.1, -0.05) is 12.1 Å². The lowest BCUT2D eigenvalue weighted by Gasteiger charge is -2.14. The Morgan fingerprint density at radius 1 is 1.26 bits per heavy atom. The third kappa shape index (κ3) is 3.01. The molecule has 2 rings (SSSR count). The van der Waals surface area contributed by atoms with Crippen LogP contribution in [0.25, 0.3) is 0 Å². The Morgan fingerprint density at radius 3 is 2.42 bits per heavy atom. The van der Waals surface area contributed by atoms with E-state index in [0.29, 0.717) is 0 Å². The quantitative estimate of drug-likeness (QED) is 0.916. The number of halogens is 1. The number of nitrogens with one attached hydrogen (secondary N) is 1. The van der Waals surface area contributed by atoms with E-state index in [4.69, 9.17) is 0 Å². The van der Waals surface area contributed by atoms with Crippen LogP contribution in [0.5, 0.6) is 0 Å². The summed E-state index contributed by atoms with van der Waals surface area (Å²) < 4.78 is 14.8. The highest BCUT2D eigenvalue weighted by atomic mass is 19.1. The molecule has 4 heteroatoms. The number of hydrogen-bond acceptors (Lipinski definition) is 2. The molecule has 1 heterocycles. The zero-order valence-electron chi connectivity index (χ0n) is 11.9. The van der Waals surface area contributed by atoms with Gasteiger partial charge in [0.05, 0.1) is 5.69 Å². The van der Waals surface area contributed by atoms with Crippen LogP contribution in [0.1, 0.15) is 35.5 Å². The molecule has 102 valence electrons. The van der Waals surface area contributed by atoms with E-state index in [0.717, 1.165) is 17.8 Å². The van der Waals surface area contributed by atoms with Crippen molar-refractivity contribution in [2.45, 2.75) is 33.4 Å². The first-order valence-corrected chi connectivity index (χ1v) is 6.47. The van der Waals surface area contributed by atoms with Gasteiger partial charge in [0.25, 0.3) is 0 Å². The average molecular weight is 261 g/mol. The van der Waals surface area contributed by atoms with Gasteiger partial charge in [-0.2, -0.15) is 5.10 Å². The van der Waals surface area contributed by atoms with E-state index in [1.807, 2.05) is 30.8 Å². The number of hydrogen-bond donors (Lipinski definition) is 1. The fourth-order valence-electron chi connectivity index (χ4n) is 2.20. The summed E-state index contributed by atoms with van der Waals surface area (Å²) in [4.78, 5) is 0. The summed E-state index contributed by atoms with van der Waals surface area (Å²) in [7, 11) is 1.95. The van der Waals surface area contributed by atoms with E-state index in [2.05, 4.69) is 24.3 Å². The molecule has 3 nitrogen and oxygen atoms in total. The average Bonchev–Trinajstić information content (AvgIpc) is 2.62. The molecule has 0 unspecified atom stereocenters. The van der Waals surface area contributed by atoms with Crippen LogP contribution in [0.2, 0.25) is 0 Å². The molecule has 1 N–H and O–H groups in total. The zero-order valence-corrected chi connectivity index (χ0v) is 11.9. The Kier molecular flexibility index (Phi) is 4.00. The molecule has 0 spiro atoms. The normalized spacial score (nSPS) is 12.7. The van der Waals surface area contributed by atoms with Crippen molar-refractivity contribution < 1.29 is 4.39 Å². The van der Waals surface area contributed by atoms with Crippen LogP contribution in [0.15, 0.2) is 24.3 Å². The third-order valence-electron chi connectivity index (χ3n) is 3.61. The van der Waals surface area contributed by atoms with E-state index in [9.17, 15) is 4.39 Å². The van der Waals surface area contributed by atoms with E-state index < -0.39 is 0 Å². The summed E-state index contributed by atoms with van der Waals surface area (Å²) in [6.07, 6.45) is 0. The van der Waals surface area contributed by atoms with Crippen LogP contribution >= 0.6 is 0 Å². The molecule has 0 saturated heterocycles. The molecule has 2 aromatic rings. The van der Waals surface area contributed by atoms with Crippen LogP contribution in [-0.4, -0.2) is 9.78 Å². The predicted octanol–water partition coefficient (Wildman–Crippen LogP) is 3.03. The van der Waals surface area contributed by atoms with E-state index in [1.165, 1.54) is 23.4 Å². The fraction of sp³-hybridized carbons (Fsp3) is 0.400. The Morgan fingerprint density at radius 2 is 1.89 bits per heavy atom. The Balaban J connectivity index is 2.04. The summed E-state index contributed by atoms with van der Waals surface area (Å²) in [5.74, 6) is -0.199. The summed E-state index contributed by atoms with van der Waals surface area (Å²) in [5, 5.41) is 7.85. The Bertz CT molecular complexity index is 558. The molecule has 0 aliphatic rings. The molecular formula is C15H20FN3. The maximum atomic E-state index is 12.9. The largest absolute Gasteiger partial charge is 0.306 e. The molecule has 0 fully saturated rings. The second-order valence-electron chi connectivity index (χ2n) is 4.93.